The fourth-order valence-electron chi connectivity index (χ4n) is 2.34. The minimum absolute atomic E-state index is 0.0184. The molecule has 0 radical (unpaired) electrons. The number of amides is 4. The quantitative estimate of drug-likeness (QED) is 0.595. The Morgan fingerprint density at radius 3 is 2.47 bits per heavy atom. The van der Waals surface area contributed by atoms with Gasteiger partial charge in [0, 0.05) is 13.1 Å². The number of imide groups is 1. The van der Waals surface area contributed by atoms with Gasteiger partial charge in [-0.3, -0.25) is 14.9 Å². The van der Waals surface area contributed by atoms with Gasteiger partial charge in [-0.05, 0) is 18.8 Å². The van der Waals surface area contributed by atoms with Crippen LogP contribution in [0.25, 0.3) is 0 Å². The first-order chi connectivity index (χ1) is 8.06. The Bertz CT molecular complexity index is 340. The Kier molecular flexibility index (Phi) is 3.31. The molecule has 94 valence electrons. The summed E-state index contributed by atoms with van der Waals surface area (Å²) >= 11 is 0. The molecule has 2 aliphatic rings. The predicted octanol–water partition coefficient (Wildman–Crippen LogP) is -0.203. The lowest BCUT2D eigenvalue weighted by atomic mass is 10.0. The van der Waals surface area contributed by atoms with Gasteiger partial charge in [0.2, 0.25) is 11.8 Å². The average Bonchev–Trinajstić information content (AvgIpc) is 2.26. The monoisotopic (exact) mass is 239 g/mol. The van der Waals surface area contributed by atoms with Gasteiger partial charge in [0.1, 0.15) is 13.1 Å². The summed E-state index contributed by atoms with van der Waals surface area (Å²) in [5.41, 5.74) is 0. The van der Waals surface area contributed by atoms with Crippen LogP contribution in [0.15, 0.2) is 0 Å². The summed E-state index contributed by atoms with van der Waals surface area (Å²) in [6, 6.07) is -0.195. The van der Waals surface area contributed by atoms with E-state index in [1.54, 1.807) is 4.90 Å². The summed E-state index contributed by atoms with van der Waals surface area (Å²) in [6.07, 6.45) is 2.12. The number of urea groups is 1. The molecule has 17 heavy (non-hydrogen) atoms. The van der Waals surface area contributed by atoms with Crippen molar-refractivity contribution in [3.63, 3.8) is 0 Å². The molecule has 0 bridgehead atoms. The molecule has 0 spiro atoms. The minimum atomic E-state index is -0.403. The average molecular weight is 239 g/mol. The Morgan fingerprint density at radius 1 is 1.24 bits per heavy atom. The standard InChI is InChI=1S/C11H17N3O3/c1-8-3-2-4-13(5-8)11(17)14-6-9(15)12-10(16)7-14/h8H,2-7H2,1H3,(H,12,15,16). The maximum Gasteiger partial charge on any atom is 0.320 e. The molecular weight excluding hydrogens is 222 g/mol. The van der Waals surface area contributed by atoms with Crippen LogP contribution in [0.2, 0.25) is 0 Å². The zero-order chi connectivity index (χ0) is 12.4. The minimum Gasteiger partial charge on any atom is -0.324 e. The molecule has 0 aromatic rings. The molecule has 4 amide bonds. The fraction of sp³-hybridized carbons (Fsp3) is 0.727. The molecule has 2 rings (SSSR count). The van der Waals surface area contributed by atoms with Crippen molar-refractivity contribution in [1.82, 2.24) is 15.1 Å². The second-order valence-corrected chi connectivity index (χ2v) is 4.80. The lowest BCUT2D eigenvalue weighted by Crippen LogP contribution is -2.57. The zero-order valence-electron chi connectivity index (χ0n) is 9.94. The molecule has 2 aliphatic heterocycles. The summed E-state index contributed by atoms with van der Waals surface area (Å²) in [4.78, 5) is 37.5. The van der Waals surface area contributed by atoms with Crippen LogP contribution in [0.3, 0.4) is 0 Å². The number of hydrogen-bond donors (Lipinski definition) is 1. The van der Waals surface area contributed by atoms with E-state index < -0.39 is 11.8 Å². The molecule has 0 aromatic heterocycles. The van der Waals surface area contributed by atoms with Gasteiger partial charge in [0.15, 0.2) is 0 Å². The van der Waals surface area contributed by atoms with Crippen molar-refractivity contribution in [3.05, 3.63) is 0 Å². The van der Waals surface area contributed by atoms with Crippen LogP contribution >= 0.6 is 0 Å². The molecule has 0 saturated carbocycles. The lowest BCUT2D eigenvalue weighted by molar-refractivity contribution is -0.135. The van der Waals surface area contributed by atoms with Crippen LogP contribution in [0, 0.1) is 5.92 Å². The van der Waals surface area contributed by atoms with Crippen LogP contribution in [-0.4, -0.2) is 53.8 Å². The van der Waals surface area contributed by atoms with E-state index >= 15 is 0 Å². The van der Waals surface area contributed by atoms with Gasteiger partial charge in [0.05, 0.1) is 0 Å². The highest BCUT2D eigenvalue weighted by atomic mass is 16.2. The third kappa shape index (κ3) is 2.75. The fourth-order valence-corrected chi connectivity index (χ4v) is 2.34. The highest BCUT2D eigenvalue weighted by Gasteiger charge is 2.31. The first-order valence-electron chi connectivity index (χ1n) is 5.93. The van der Waals surface area contributed by atoms with Crippen molar-refractivity contribution in [2.75, 3.05) is 26.2 Å². The van der Waals surface area contributed by atoms with Gasteiger partial charge >= 0.3 is 6.03 Å². The number of likely N-dealkylation sites (tertiary alicyclic amines) is 1. The molecule has 0 aliphatic carbocycles. The molecule has 0 aromatic carbocycles. The van der Waals surface area contributed by atoms with Gasteiger partial charge in [0.25, 0.3) is 0 Å². The normalized spacial score (nSPS) is 25.8. The molecule has 6 heteroatoms. The molecule has 1 unspecified atom stereocenters. The van der Waals surface area contributed by atoms with Crippen molar-refractivity contribution >= 4 is 17.8 Å². The Morgan fingerprint density at radius 2 is 1.88 bits per heavy atom. The van der Waals surface area contributed by atoms with Crippen LogP contribution < -0.4 is 5.32 Å². The number of hydrogen-bond acceptors (Lipinski definition) is 3. The SMILES string of the molecule is CC1CCCN(C(=O)N2CC(=O)NC(=O)C2)C1. The first kappa shape index (κ1) is 11.9. The molecule has 1 N–H and O–H groups in total. The van der Waals surface area contributed by atoms with Crippen LogP contribution in [0.4, 0.5) is 4.79 Å². The first-order valence-corrected chi connectivity index (χ1v) is 5.93. The Balaban J connectivity index is 1.98. The van der Waals surface area contributed by atoms with Crippen molar-refractivity contribution in [1.29, 1.82) is 0 Å². The smallest absolute Gasteiger partial charge is 0.320 e. The number of piperazine rings is 1. The van der Waals surface area contributed by atoms with Gasteiger partial charge < -0.3 is 9.80 Å². The van der Waals surface area contributed by atoms with Crippen molar-refractivity contribution in [2.24, 2.45) is 5.92 Å². The summed E-state index contributed by atoms with van der Waals surface area (Å²) in [7, 11) is 0. The topological polar surface area (TPSA) is 69.7 Å². The Hall–Kier alpha value is -1.59. The lowest BCUT2D eigenvalue weighted by Gasteiger charge is -2.36. The summed E-state index contributed by atoms with van der Waals surface area (Å²) in [6.45, 7) is 3.50. The number of carbonyl (C=O) groups is 3. The summed E-state index contributed by atoms with van der Waals surface area (Å²) in [5.74, 6) is -0.318. The number of nitrogens with one attached hydrogen (secondary N) is 1. The Labute approximate surface area is 99.9 Å². The van der Waals surface area contributed by atoms with E-state index in [0.717, 1.165) is 19.4 Å². The van der Waals surface area contributed by atoms with Gasteiger partial charge in [-0.1, -0.05) is 6.92 Å². The molecular formula is C11H17N3O3. The van der Waals surface area contributed by atoms with E-state index in [2.05, 4.69) is 12.2 Å². The van der Waals surface area contributed by atoms with Crippen LogP contribution in [0.5, 0.6) is 0 Å². The highest BCUT2D eigenvalue weighted by Crippen LogP contribution is 2.17. The van der Waals surface area contributed by atoms with Crippen LogP contribution in [0.1, 0.15) is 19.8 Å². The largest absolute Gasteiger partial charge is 0.324 e. The van der Waals surface area contributed by atoms with Gasteiger partial charge in [-0.15, -0.1) is 0 Å². The molecule has 1 atom stereocenters. The molecule has 6 nitrogen and oxygen atoms in total. The number of carbonyl (C=O) groups excluding carboxylic acids is 3. The summed E-state index contributed by atoms with van der Waals surface area (Å²) < 4.78 is 0. The van der Waals surface area contributed by atoms with Gasteiger partial charge in [-0.2, -0.15) is 0 Å². The van der Waals surface area contributed by atoms with E-state index in [0.29, 0.717) is 12.5 Å². The zero-order valence-corrected chi connectivity index (χ0v) is 9.94. The third-order valence-corrected chi connectivity index (χ3v) is 3.15. The third-order valence-electron chi connectivity index (χ3n) is 3.15. The second-order valence-electron chi connectivity index (χ2n) is 4.80. The van der Waals surface area contributed by atoms with E-state index in [9.17, 15) is 14.4 Å². The van der Waals surface area contributed by atoms with Crippen molar-refractivity contribution in [2.45, 2.75) is 19.8 Å². The number of piperidine rings is 1. The molecule has 2 fully saturated rings. The highest BCUT2D eigenvalue weighted by molar-refractivity contribution is 6.02. The predicted molar refractivity (Wildman–Crippen MR) is 60.1 cm³/mol. The van der Waals surface area contributed by atoms with Gasteiger partial charge in [-0.25, -0.2) is 4.79 Å². The van der Waals surface area contributed by atoms with E-state index in [-0.39, 0.29) is 19.1 Å². The van der Waals surface area contributed by atoms with Crippen molar-refractivity contribution in [3.8, 4) is 0 Å². The molecule has 2 heterocycles. The maximum absolute atomic E-state index is 12.1. The molecule has 2 saturated heterocycles. The van der Waals surface area contributed by atoms with E-state index in [1.807, 2.05) is 0 Å². The van der Waals surface area contributed by atoms with Crippen molar-refractivity contribution < 1.29 is 14.4 Å². The van der Waals surface area contributed by atoms with E-state index in [4.69, 9.17) is 0 Å². The number of nitrogens with zero attached hydrogens (tertiary/aromatic N) is 2. The van der Waals surface area contributed by atoms with E-state index in [1.165, 1.54) is 4.90 Å². The number of rotatable bonds is 0. The summed E-state index contributed by atoms with van der Waals surface area (Å²) in [5, 5.41) is 2.19. The second kappa shape index (κ2) is 4.73. The van der Waals surface area contributed by atoms with Crippen LogP contribution in [-0.2, 0) is 9.59 Å². The maximum atomic E-state index is 12.1.